The lowest BCUT2D eigenvalue weighted by Crippen LogP contribution is -2.04. The summed E-state index contributed by atoms with van der Waals surface area (Å²) < 4.78 is 0. The van der Waals surface area contributed by atoms with Gasteiger partial charge in [-0.25, -0.2) is 4.79 Å². The molecule has 0 aromatic heterocycles. The highest BCUT2D eigenvalue weighted by atomic mass is 35.5. The van der Waals surface area contributed by atoms with Gasteiger partial charge in [0.1, 0.15) is 6.61 Å². The van der Waals surface area contributed by atoms with Gasteiger partial charge in [0.05, 0.1) is 5.88 Å². The summed E-state index contributed by atoms with van der Waals surface area (Å²) >= 11 is 5.21. The zero-order valence-electron chi connectivity index (χ0n) is 5.22. The molecule has 0 saturated heterocycles. The van der Waals surface area contributed by atoms with Crippen LogP contribution in [-0.2, 0) is 14.6 Å². The standard InChI is InChI=1S/C5H9ClO3/c1-2-5(7)9-8-4-3-6/h2-4H2,1H3. The van der Waals surface area contributed by atoms with E-state index in [0.29, 0.717) is 12.3 Å². The Bertz CT molecular complexity index is 84.3. The second-order valence-electron chi connectivity index (χ2n) is 1.32. The third kappa shape index (κ3) is 5.59. The summed E-state index contributed by atoms with van der Waals surface area (Å²) in [6.07, 6.45) is 0.322. The molecular weight excluding hydrogens is 144 g/mol. The molecule has 0 heterocycles. The fourth-order valence-electron chi connectivity index (χ4n) is 0.198. The molecule has 9 heavy (non-hydrogen) atoms. The molecule has 0 saturated carbocycles. The van der Waals surface area contributed by atoms with Crippen LogP contribution < -0.4 is 0 Å². The van der Waals surface area contributed by atoms with Crippen molar-refractivity contribution in [3.8, 4) is 0 Å². The first-order valence-corrected chi connectivity index (χ1v) is 3.23. The molecule has 0 atom stereocenters. The summed E-state index contributed by atoms with van der Waals surface area (Å²) in [4.78, 5) is 18.9. The number of alkyl halides is 1. The molecular formula is C5H9ClO3. The van der Waals surface area contributed by atoms with E-state index in [-0.39, 0.29) is 12.6 Å². The van der Waals surface area contributed by atoms with Crippen LogP contribution in [0.3, 0.4) is 0 Å². The third-order valence-electron chi connectivity index (χ3n) is 0.601. The Balaban J connectivity index is 2.97. The van der Waals surface area contributed by atoms with Crippen LogP contribution in [0.4, 0.5) is 0 Å². The molecule has 0 N–H and O–H groups in total. The summed E-state index contributed by atoms with van der Waals surface area (Å²) in [7, 11) is 0. The van der Waals surface area contributed by atoms with Crippen molar-refractivity contribution in [2.45, 2.75) is 13.3 Å². The van der Waals surface area contributed by atoms with Crippen molar-refractivity contribution >= 4 is 17.6 Å². The first-order chi connectivity index (χ1) is 4.31. The Hall–Kier alpha value is -0.280. The maximum Gasteiger partial charge on any atom is 0.342 e. The number of hydrogen-bond acceptors (Lipinski definition) is 3. The fraction of sp³-hybridized carbons (Fsp3) is 0.800. The zero-order chi connectivity index (χ0) is 7.11. The molecule has 0 spiro atoms. The van der Waals surface area contributed by atoms with Crippen molar-refractivity contribution in [2.24, 2.45) is 0 Å². The number of halogens is 1. The first-order valence-electron chi connectivity index (χ1n) is 2.69. The monoisotopic (exact) mass is 152 g/mol. The van der Waals surface area contributed by atoms with Gasteiger partial charge in [-0.3, -0.25) is 4.89 Å². The highest BCUT2D eigenvalue weighted by molar-refractivity contribution is 6.17. The molecule has 0 aliphatic heterocycles. The van der Waals surface area contributed by atoms with E-state index in [0.717, 1.165) is 0 Å². The Morgan fingerprint density at radius 1 is 1.67 bits per heavy atom. The van der Waals surface area contributed by atoms with Gasteiger partial charge in [-0.2, -0.15) is 4.89 Å². The number of carbonyl (C=O) groups excluding carboxylic acids is 1. The lowest BCUT2D eigenvalue weighted by Gasteiger charge is -1.97. The molecule has 0 rings (SSSR count). The minimum absolute atomic E-state index is 0.243. The predicted molar refractivity (Wildman–Crippen MR) is 33.1 cm³/mol. The predicted octanol–water partition coefficient (Wildman–Crippen LogP) is 1.11. The van der Waals surface area contributed by atoms with Crippen LogP contribution in [0.5, 0.6) is 0 Å². The first kappa shape index (κ1) is 8.72. The van der Waals surface area contributed by atoms with E-state index in [1.807, 2.05) is 0 Å². The van der Waals surface area contributed by atoms with Crippen molar-refractivity contribution in [3.05, 3.63) is 0 Å². The molecule has 0 aromatic rings. The lowest BCUT2D eigenvalue weighted by atomic mass is 10.5. The molecule has 0 aliphatic carbocycles. The highest BCUT2D eigenvalue weighted by Crippen LogP contribution is 1.86. The Morgan fingerprint density at radius 2 is 2.33 bits per heavy atom. The molecule has 54 valence electrons. The van der Waals surface area contributed by atoms with Crippen LogP contribution in [-0.4, -0.2) is 18.5 Å². The van der Waals surface area contributed by atoms with E-state index in [1.165, 1.54) is 0 Å². The minimum Gasteiger partial charge on any atom is -0.298 e. The van der Waals surface area contributed by atoms with Crippen LogP contribution in [0.15, 0.2) is 0 Å². The van der Waals surface area contributed by atoms with Gasteiger partial charge in [-0.1, -0.05) is 6.92 Å². The van der Waals surface area contributed by atoms with E-state index < -0.39 is 0 Å². The summed E-state index contributed by atoms with van der Waals surface area (Å²) in [6.45, 7) is 1.93. The molecule has 0 amide bonds. The van der Waals surface area contributed by atoms with Gasteiger partial charge in [-0.15, -0.1) is 11.6 Å². The van der Waals surface area contributed by atoms with Crippen LogP contribution in [0.25, 0.3) is 0 Å². The summed E-state index contributed by atoms with van der Waals surface area (Å²) in [5, 5.41) is 0. The second-order valence-corrected chi connectivity index (χ2v) is 1.70. The van der Waals surface area contributed by atoms with Gasteiger partial charge in [0, 0.05) is 6.42 Å². The Kier molecular flexibility index (Phi) is 5.67. The van der Waals surface area contributed by atoms with Gasteiger partial charge in [-0.05, 0) is 0 Å². The quantitative estimate of drug-likeness (QED) is 0.262. The highest BCUT2D eigenvalue weighted by Gasteiger charge is 1.96. The SMILES string of the molecule is CCC(=O)OOCCCl. The Labute approximate surface area is 58.8 Å². The van der Waals surface area contributed by atoms with E-state index >= 15 is 0 Å². The average molecular weight is 153 g/mol. The van der Waals surface area contributed by atoms with Gasteiger partial charge in [0.15, 0.2) is 0 Å². The van der Waals surface area contributed by atoms with Crippen LogP contribution in [0.2, 0.25) is 0 Å². The van der Waals surface area contributed by atoms with Gasteiger partial charge < -0.3 is 0 Å². The van der Waals surface area contributed by atoms with Crippen molar-refractivity contribution in [2.75, 3.05) is 12.5 Å². The third-order valence-corrected chi connectivity index (χ3v) is 0.755. The summed E-state index contributed by atoms with van der Waals surface area (Å²) in [5.74, 6) is -0.0445. The van der Waals surface area contributed by atoms with E-state index in [4.69, 9.17) is 11.6 Å². The zero-order valence-corrected chi connectivity index (χ0v) is 5.98. The van der Waals surface area contributed by atoms with Crippen LogP contribution in [0.1, 0.15) is 13.3 Å². The summed E-state index contributed by atoms with van der Waals surface area (Å²) in [5.41, 5.74) is 0. The van der Waals surface area contributed by atoms with Crippen molar-refractivity contribution in [3.63, 3.8) is 0 Å². The van der Waals surface area contributed by atoms with Gasteiger partial charge >= 0.3 is 5.97 Å². The molecule has 0 aliphatic rings. The maximum absolute atomic E-state index is 10.3. The largest absolute Gasteiger partial charge is 0.342 e. The molecule has 3 nitrogen and oxygen atoms in total. The van der Waals surface area contributed by atoms with Crippen molar-refractivity contribution in [1.82, 2.24) is 0 Å². The normalized spacial score (nSPS) is 9.11. The van der Waals surface area contributed by atoms with E-state index in [9.17, 15) is 4.79 Å². The second kappa shape index (κ2) is 5.85. The average Bonchev–Trinajstić information content (AvgIpc) is 1.89. The van der Waals surface area contributed by atoms with Crippen molar-refractivity contribution < 1.29 is 14.6 Å². The van der Waals surface area contributed by atoms with E-state index in [1.54, 1.807) is 6.92 Å². The number of carbonyl (C=O) groups is 1. The Morgan fingerprint density at radius 3 is 2.78 bits per heavy atom. The molecule has 0 unspecified atom stereocenters. The number of rotatable bonds is 4. The van der Waals surface area contributed by atoms with E-state index in [2.05, 4.69) is 9.78 Å². The molecule has 4 heteroatoms. The maximum atomic E-state index is 10.3. The fourth-order valence-corrected chi connectivity index (χ4v) is 0.261. The van der Waals surface area contributed by atoms with Gasteiger partial charge in [0.25, 0.3) is 0 Å². The molecule has 0 aromatic carbocycles. The van der Waals surface area contributed by atoms with Crippen molar-refractivity contribution in [1.29, 1.82) is 0 Å². The number of hydrogen-bond donors (Lipinski definition) is 0. The lowest BCUT2D eigenvalue weighted by molar-refractivity contribution is -0.268. The molecule has 0 bridgehead atoms. The summed E-state index contributed by atoms with van der Waals surface area (Å²) in [6, 6.07) is 0. The van der Waals surface area contributed by atoms with Gasteiger partial charge in [0.2, 0.25) is 0 Å². The van der Waals surface area contributed by atoms with Crippen LogP contribution in [0, 0.1) is 0 Å². The minimum atomic E-state index is -0.375. The smallest absolute Gasteiger partial charge is 0.298 e. The molecule has 0 fully saturated rings. The molecule has 0 radical (unpaired) electrons. The topological polar surface area (TPSA) is 35.5 Å². The van der Waals surface area contributed by atoms with Crippen LogP contribution >= 0.6 is 11.6 Å².